The predicted molar refractivity (Wildman–Crippen MR) is 90.1 cm³/mol. The first-order valence-corrected chi connectivity index (χ1v) is 8.81. The van der Waals surface area contributed by atoms with Gasteiger partial charge in [0.05, 0.1) is 12.2 Å². The molecule has 0 spiro atoms. The Labute approximate surface area is 135 Å². The Morgan fingerprint density at radius 1 is 1.41 bits per heavy atom. The van der Waals surface area contributed by atoms with E-state index in [4.69, 9.17) is 0 Å². The second-order valence-electron chi connectivity index (χ2n) is 5.55. The van der Waals surface area contributed by atoms with Crippen molar-refractivity contribution < 1.29 is 4.79 Å². The van der Waals surface area contributed by atoms with E-state index in [1.54, 1.807) is 4.68 Å². The number of hydrogen-bond acceptors (Lipinski definition) is 3. The van der Waals surface area contributed by atoms with Crippen LogP contribution in [0, 0.1) is 0 Å². The standard InChI is InChI=1S/C17H21N3OS/c1-3-13-6-4-5-7-15(13)17(21)20-8-9-22-12-16(20)14-10-18-19(2)11-14/h4-7,10-11,16H,3,8-9,12H2,1-2H3/t16-/m1/s1. The van der Waals surface area contributed by atoms with Crippen LogP contribution in [-0.2, 0) is 13.5 Å². The SMILES string of the molecule is CCc1ccccc1C(=O)N1CCSC[C@@H]1c1cnn(C)c1. The molecule has 22 heavy (non-hydrogen) atoms. The van der Waals surface area contributed by atoms with Crippen molar-refractivity contribution in [2.24, 2.45) is 7.05 Å². The van der Waals surface area contributed by atoms with Gasteiger partial charge in [-0.1, -0.05) is 25.1 Å². The van der Waals surface area contributed by atoms with Gasteiger partial charge in [-0.2, -0.15) is 16.9 Å². The Balaban J connectivity index is 1.91. The minimum Gasteiger partial charge on any atom is -0.330 e. The average Bonchev–Trinajstić information content (AvgIpc) is 3.00. The summed E-state index contributed by atoms with van der Waals surface area (Å²) in [7, 11) is 1.91. The lowest BCUT2D eigenvalue weighted by Crippen LogP contribution is -2.41. The van der Waals surface area contributed by atoms with Gasteiger partial charge in [-0.25, -0.2) is 0 Å². The molecule has 1 aliphatic rings. The Morgan fingerprint density at radius 3 is 2.95 bits per heavy atom. The lowest BCUT2D eigenvalue weighted by Gasteiger charge is -2.35. The first kappa shape index (κ1) is 15.2. The smallest absolute Gasteiger partial charge is 0.254 e. The van der Waals surface area contributed by atoms with Gasteiger partial charge in [-0.3, -0.25) is 9.48 Å². The molecule has 1 atom stereocenters. The fourth-order valence-corrected chi connectivity index (χ4v) is 4.02. The summed E-state index contributed by atoms with van der Waals surface area (Å²) in [5.74, 6) is 2.08. The molecule has 1 fully saturated rings. The zero-order chi connectivity index (χ0) is 15.5. The van der Waals surface area contributed by atoms with Crippen molar-refractivity contribution in [1.29, 1.82) is 0 Å². The minimum absolute atomic E-state index is 0.116. The topological polar surface area (TPSA) is 38.1 Å². The van der Waals surface area contributed by atoms with E-state index >= 15 is 0 Å². The van der Waals surface area contributed by atoms with Crippen LogP contribution in [0.4, 0.5) is 0 Å². The fraction of sp³-hybridized carbons (Fsp3) is 0.412. The third-order valence-corrected chi connectivity index (χ3v) is 5.15. The number of carbonyl (C=O) groups excluding carboxylic acids is 1. The lowest BCUT2D eigenvalue weighted by molar-refractivity contribution is 0.0700. The Hall–Kier alpha value is -1.75. The third kappa shape index (κ3) is 2.90. The number of aromatic nitrogens is 2. The monoisotopic (exact) mass is 315 g/mol. The molecule has 0 unspecified atom stereocenters. The van der Waals surface area contributed by atoms with Crippen molar-refractivity contribution >= 4 is 17.7 Å². The molecule has 1 amide bonds. The molecule has 1 aromatic heterocycles. The number of aryl methyl sites for hydroxylation is 2. The van der Waals surface area contributed by atoms with Gasteiger partial charge in [0.25, 0.3) is 5.91 Å². The van der Waals surface area contributed by atoms with Crippen LogP contribution in [0.1, 0.15) is 34.5 Å². The Morgan fingerprint density at radius 2 is 2.23 bits per heavy atom. The van der Waals surface area contributed by atoms with Crippen LogP contribution in [0.3, 0.4) is 0 Å². The molecule has 0 N–H and O–H groups in total. The van der Waals surface area contributed by atoms with Crippen LogP contribution < -0.4 is 0 Å². The number of rotatable bonds is 3. The number of carbonyl (C=O) groups is 1. The molecule has 0 saturated carbocycles. The first-order chi connectivity index (χ1) is 10.7. The summed E-state index contributed by atoms with van der Waals surface area (Å²) >= 11 is 1.90. The van der Waals surface area contributed by atoms with Gasteiger partial charge in [0.15, 0.2) is 0 Å². The van der Waals surface area contributed by atoms with Crippen molar-refractivity contribution in [3.63, 3.8) is 0 Å². The Bertz CT molecular complexity index is 667. The van der Waals surface area contributed by atoms with Crippen LogP contribution >= 0.6 is 11.8 Å². The van der Waals surface area contributed by atoms with Gasteiger partial charge in [0.1, 0.15) is 0 Å². The van der Waals surface area contributed by atoms with Gasteiger partial charge >= 0.3 is 0 Å². The van der Waals surface area contributed by atoms with E-state index in [-0.39, 0.29) is 11.9 Å². The Kier molecular flexibility index (Phi) is 4.52. The molecule has 2 heterocycles. The largest absolute Gasteiger partial charge is 0.330 e. The maximum absolute atomic E-state index is 13.1. The van der Waals surface area contributed by atoms with E-state index in [2.05, 4.69) is 12.0 Å². The summed E-state index contributed by atoms with van der Waals surface area (Å²) in [6.45, 7) is 2.89. The highest BCUT2D eigenvalue weighted by Crippen LogP contribution is 2.31. The molecule has 5 heteroatoms. The van der Waals surface area contributed by atoms with Gasteiger partial charge in [0, 0.05) is 42.4 Å². The molecule has 4 nitrogen and oxygen atoms in total. The number of hydrogen-bond donors (Lipinski definition) is 0. The number of thioether (sulfide) groups is 1. The fourth-order valence-electron chi connectivity index (χ4n) is 2.93. The predicted octanol–water partition coefficient (Wildman–Crippen LogP) is 2.91. The van der Waals surface area contributed by atoms with Crippen LogP contribution in [0.5, 0.6) is 0 Å². The average molecular weight is 315 g/mol. The van der Waals surface area contributed by atoms with Crippen molar-refractivity contribution in [3.05, 3.63) is 53.3 Å². The zero-order valence-electron chi connectivity index (χ0n) is 13.0. The van der Waals surface area contributed by atoms with Crippen LogP contribution in [0.15, 0.2) is 36.7 Å². The molecule has 0 radical (unpaired) electrons. The molecule has 116 valence electrons. The first-order valence-electron chi connectivity index (χ1n) is 7.66. The van der Waals surface area contributed by atoms with E-state index in [9.17, 15) is 4.79 Å². The van der Waals surface area contributed by atoms with Gasteiger partial charge in [-0.15, -0.1) is 0 Å². The highest BCUT2D eigenvalue weighted by Gasteiger charge is 2.30. The molecule has 0 aliphatic carbocycles. The molecule has 2 aromatic rings. The zero-order valence-corrected chi connectivity index (χ0v) is 13.8. The van der Waals surface area contributed by atoms with E-state index in [1.165, 1.54) is 0 Å². The van der Waals surface area contributed by atoms with E-state index in [0.717, 1.165) is 41.2 Å². The number of nitrogens with zero attached hydrogens (tertiary/aromatic N) is 3. The van der Waals surface area contributed by atoms with Gasteiger partial charge in [-0.05, 0) is 18.1 Å². The minimum atomic E-state index is 0.116. The van der Waals surface area contributed by atoms with Crippen LogP contribution in [-0.4, -0.2) is 38.6 Å². The van der Waals surface area contributed by atoms with Crippen molar-refractivity contribution in [2.75, 3.05) is 18.1 Å². The molecule has 1 aliphatic heterocycles. The second-order valence-corrected chi connectivity index (χ2v) is 6.70. The lowest BCUT2D eigenvalue weighted by atomic mass is 10.0. The van der Waals surface area contributed by atoms with Gasteiger partial charge in [0.2, 0.25) is 0 Å². The summed E-state index contributed by atoms with van der Waals surface area (Å²) in [6.07, 6.45) is 4.77. The van der Waals surface area contributed by atoms with Gasteiger partial charge < -0.3 is 4.90 Å². The normalized spacial score (nSPS) is 18.5. The second kappa shape index (κ2) is 6.57. The van der Waals surface area contributed by atoms with E-state index in [0.29, 0.717) is 0 Å². The van der Waals surface area contributed by atoms with Crippen molar-refractivity contribution in [3.8, 4) is 0 Å². The van der Waals surface area contributed by atoms with Crippen LogP contribution in [0.2, 0.25) is 0 Å². The van der Waals surface area contributed by atoms with Crippen molar-refractivity contribution in [2.45, 2.75) is 19.4 Å². The molecular formula is C17H21N3OS. The van der Waals surface area contributed by atoms with E-state index < -0.39 is 0 Å². The summed E-state index contributed by atoms with van der Waals surface area (Å²) in [5, 5.41) is 4.26. The molecule has 0 bridgehead atoms. The number of benzene rings is 1. The summed E-state index contributed by atoms with van der Waals surface area (Å²) in [5.41, 5.74) is 3.08. The van der Waals surface area contributed by atoms with Crippen LogP contribution in [0.25, 0.3) is 0 Å². The highest BCUT2D eigenvalue weighted by atomic mass is 32.2. The molecule has 1 aromatic carbocycles. The van der Waals surface area contributed by atoms with E-state index in [1.807, 2.05) is 60.4 Å². The molecular weight excluding hydrogens is 294 g/mol. The van der Waals surface area contributed by atoms with Crippen molar-refractivity contribution in [1.82, 2.24) is 14.7 Å². The summed E-state index contributed by atoms with van der Waals surface area (Å²) < 4.78 is 1.80. The highest BCUT2D eigenvalue weighted by molar-refractivity contribution is 7.99. The third-order valence-electron chi connectivity index (χ3n) is 4.13. The summed E-state index contributed by atoms with van der Waals surface area (Å²) in [4.78, 5) is 15.1. The maximum Gasteiger partial charge on any atom is 0.254 e. The summed E-state index contributed by atoms with van der Waals surface area (Å²) in [6, 6.07) is 8.06. The number of amides is 1. The quantitative estimate of drug-likeness (QED) is 0.874. The maximum atomic E-state index is 13.1. The molecule has 1 saturated heterocycles. The molecule has 3 rings (SSSR count).